The number of cyclic esters (lactones) is 1. The minimum atomic E-state index is -0.560. The highest BCUT2D eigenvalue weighted by Crippen LogP contribution is 2.36. The van der Waals surface area contributed by atoms with Crippen molar-refractivity contribution in [3.63, 3.8) is 0 Å². The van der Waals surface area contributed by atoms with Crippen molar-refractivity contribution >= 4 is 17.4 Å². The molecule has 0 bridgehead atoms. The molecule has 2 aromatic rings. The van der Waals surface area contributed by atoms with Crippen LogP contribution < -0.4 is 0 Å². The third kappa shape index (κ3) is 2.16. The minimum absolute atomic E-state index is 0.0116. The Kier molecular flexibility index (Phi) is 3.25. The molecule has 1 heterocycles. The molecule has 2 aromatic carbocycles. The van der Waals surface area contributed by atoms with E-state index in [1.807, 2.05) is 13.0 Å². The zero-order valence-electron chi connectivity index (χ0n) is 12.1. The Balaban J connectivity index is 2.29. The molecule has 110 valence electrons. The summed E-state index contributed by atoms with van der Waals surface area (Å²) in [6, 6.07) is 12.0. The quantitative estimate of drug-likeness (QED) is 0.482. The van der Waals surface area contributed by atoms with Gasteiger partial charge in [-0.1, -0.05) is 35.9 Å². The van der Waals surface area contributed by atoms with Crippen LogP contribution in [0.3, 0.4) is 0 Å². The zero-order valence-corrected chi connectivity index (χ0v) is 12.1. The van der Waals surface area contributed by atoms with Gasteiger partial charge in [0, 0.05) is 5.56 Å². The van der Waals surface area contributed by atoms with Gasteiger partial charge >= 0.3 is 11.7 Å². The van der Waals surface area contributed by atoms with E-state index in [9.17, 15) is 14.9 Å². The van der Waals surface area contributed by atoms with Gasteiger partial charge in [0.15, 0.2) is 0 Å². The number of carbonyl (C=O) groups excluding carboxylic acids is 1. The first-order valence-corrected chi connectivity index (χ1v) is 6.77. The van der Waals surface area contributed by atoms with Gasteiger partial charge in [-0.05, 0) is 31.5 Å². The van der Waals surface area contributed by atoms with Crippen LogP contribution in [0.1, 0.15) is 32.6 Å². The van der Waals surface area contributed by atoms with Crippen molar-refractivity contribution < 1.29 is 14.5 Å². The first kappa shape index (κ1) is 14.0. The topological polar surface area (TPSA) is 69.4 Å². The number of fused-ring (bicyclic) bond motifs is 1. The Morgan fingerprint density at radius 3 is 2.41 bits per heavy atom. The van der Waals surface area contributed by atoms with Gasteiger partial charge in [-0.15, -0.1) is 0 Å². The monoisotopic (exact) mass is 295 g/mol. The number of ether oxygens (including phenoxy) is 1. The van der Waals surface area contributed by atoms with E-state index in [4.69, 9.17) is 4.74 Å². The molecule has 0 saturated heterocycles. The van der Waals surface area contributed by atoms with Crippen LogP contribution in [0.25, 0.3) is 11.5 Å². The summed E-state index contributed by atoms with van der Waals surface area (Å²) in [6.07, 6.45) is 0. The summed E-state index contributed by atoms with van der Waals surface area (Å²) >= 11 is 0. The molecule has 0 aliphatic carbocycles. The molecule has 0 N–H and O–H groups in total. The highest BCUT2D eigenvalue weighted by molar-refractivity contribution is 6.07. The van der Waals surface area contributed by atoms with Crippen LogP contribution >= 0.6 is 0 Å². The molecule has 22 heavy (non-hydrogen) atoms. The number of hydrogen-bond acceptors (Lipinski definition) is 4. The maximum Gasteiger partial charge on any atom is 0.344 e. The van der Waals surface area contributed by atoms with E-state index in [0.29, 0.717) is 16.7 Å². The summed E-state index contributed by atoms with van der Waals surface area (Å²) in [6.45, 7) is 3.72. The SMILES string of the molecule is Cc1ccc(/C(=C2\OC(=O)c3ccccc32)[N+](=O)[O-])c(C)c1. The van der Waals surface area contributed by atoms with Gasteiger partial charge in [-0.25, -0.2) is 4.79 Å². The molecule has 0 unspecified atom stereocenters. The summed E-state index contributed by atoms with van der Waals surface area (Å²) in [5, 5.41) is 11.6. The van der Waals surface area contributed by atoms with Crippen molar-refractivity contribution in [3.05, 3.63) is 80.4 Å². The number of carbonyl (C=O) groups is 1. The zero-order chi connectivity index (χ0) is 15.9. The van der Waals surface area contributed by atoms with E-state index in [1.165, 1.54) is 0 Å². The summed E-state index contributed by atoms with van der Waals surface area (Å²) in [7, 11) is 0. The Morgan fingerprint density at radius 2 is 1.77 bits per heavy atom. The Labute approximate surface area is 127 Å². The van der Waals surface area contributed by atoms with Crippen molar-refractivity contribution in [2.24, 2.45) is 0 Å². The third-order valence-corrected chi connectivity index (χ3v) is 3.62. The number of hydrogen-bond donors (Lipinski definition) is 0. The van der Waals surface area contributed by atoms with Crippen LogP contribution in [0.5, 0.6) is 0 Å². The van der Waals surface area contributed by atoms with Gasteiger partial charge in [0.2, 0.25) is 5.76 Å². The van der Waals surface area contributed by atoms with Crippen molar-refractivity contribution in [2.45, 2.75) is 13.8 Å². The minimum Gasteiger partial charge on any atom is -0.415 e. The van der Waals surface area contributed by atoms with Crippen molar-refractivity contribution in [1.29, 1.82) is 0 Å². The molecule has 0 atom stereocenters. The number of rotatable bonds is 2. The van der Waals surface area contributed by atoms with E-state index in [1.54, 1.807) is 43.3 Å². The average Bonchev–Trinajstić information content (AvgIpc) is 2.79. The Hall–Kier alpha value is -2.95. The molecule has 0 radical (unpaired) electrons. The summed E-state index contributed by atoms with van der Waals surface area (Å²) in [5.41, 5.74) is 2.85. The number of benzene rings is 2. The molecule has 5 heteroatoms. The molecule has 0 spiro atoms. The van der Waals surface area contributed by atoms with Gasteiger partial charge in [0.1, 0.15) is 0 Å². The van der Waals surface area contributed by atoms with Crippen LogP contribution in [0.2, 0.25) is 0 Å². The smallest absolute Gasteiger partial charge is 0.344 e. The second-order valence-electron chi connectivity index (χ2n) is 5.19. The van der Waals surface area contributed by atoms with Crippen molar-refractivity contribution in [3.8, 4) is 0 Å². The summed E-state index contributed by atoms with van der Waals surface area (Å²) < 4.78 is 5.19. The second-order valence-corrected chi connectivity index (χ2v) is 5.19. The van der Waals surface area contributed by atoms with E-state index in [-0.39, 0.29) is 11.5 Å². The standard InChI is InChI=1S/C17H13NO4/c1-10-7-8-12(11(2)9-10)15(18(20)21)16-13-5-3-4-6-14(13)17(19)22-16/h3-9H,1-2H3/b16-15+. The second kappa shape index (κ2) is 5.11. The van der Waals surface area contributed by atoms with Crippen molar-refractivity contribution in [1.82, 2.24) is 0 Å². The molecule has 1 aliphatic heterocycles. The lowest BCUT2D eigenvalue weighted by atomic mass is 10.00. The fourth-order valence-corrected chi connectivity index (χ4v) is 2.62. The molecule has 3 rings (SSSR count). The third-order valence-electron chi connectivity index (χ3n) is 3.62. The van der Waals surface area contributed by atoms with Gasteiger partial charge in [-0.2, -0.15) is 0 Å². The fraction of sp³-hybridized carbons (Fsp3) is 0.118. The molecule has 5 nitrogen and oxygen atoms in total. The maximum atomic E-state index is 11.9. The molecular formula is C17H13NO4. The maximum absolute atomic E-state index is 11.9. The van der Waals surface area contributed by atoms with Gasteiger partial charge in [-0.3, -0.25) is 10.1 Å². The van der Waals surface area contributed by atoms with Gasteiger partial charge < -0.3 is 4.74 Å². The summed E-state index contributed by atoms with van der Waals surface area (Å²) in [5.74, 6) is -0.549. The van der Waals surface area contributed by atoms with Crippen LogP contribution in [-0.2, 0) is 4.74 Å². The molecular weight excluding hydrogens is 282 g/mol. The number of nitrogens with zero attached hydrogens (tertiary/aromatic N) is 1. The number of nitro groups is 1. The lowest BCUT2D eigenvalue weighted by molar-refractivity contribution is -0.375. The van der Waals surface area contributed by atoms with Gasteiger partial charge in [0.05, 0.1) is 16.1 Å². The van der Waals surface area contributed by atoms with E-state index in [2.05, 4.69) is 0 Å². The van der Waals surface area contributed by atoms with Gasteiger partial charge in [0.25, 0.3) is 0 Å². The van der Waals surface area contributed by atoms with E-state index < -0.39 is 10.9 Å². The molecule has 0 fully saturated rings. The Morgan fingerprint density at radius 1 is 1.09 bits per heavy atom. The molecule has 0 aromatic heterocycles. The Bertz CT molecular complexity index is 836. The first-order chi connectivity index (χ1) is 10.5. The molecule has 1 aliphatic rings. The predicted molar refractivity (Wildman–Crippen MR) is 81.6 cm³/mol. The molecule has 0 amide bonds. The highest BCUT2D eigenvalue weighted by Gasteiger charge is 2.35. The van der Waals surface area contributed by atoms with E-state index in [0.717, 1.165) is 11.1 Å². The van der Waals surface area contributed by atoms with Crippen LogP contribution in [-0.4, -0.2) is 10.9 Å². The number of aryl methyl sites for hydroxylation is 2. The lowest BCUT2D eigenvalue weighted by Gasteiger charge is -2.07. The van der Waals surface area contributed by atoms with E-state index >= 15 is 0 Å². The number of esters is 1. The summed E-state index contributed by atoms with van der Waals surface area (Å²) in [4.78, 5) is 23.0. The van der Waals surface area contributed by atoms with Crippen LogP contribution in [0.4, 0.5) is 0 Å². The average molecular weight is 295 g/mol. The first-order valence-electron chi connectivity index (χ1n) is 6.77. The fourth-order valence-electron chi connectivity index (χ4n) is 2.62. The van der Waals surface area contributed by atoms with Crippen molar-refractivity contribution in [2.75, 3.05) is 0 Å². The van der Waals surface area contributed by atoms with Crippen LogP contribution in [0, 0.1) is 24.0 Å². The van der Waals surface area contributed by atoms with Crippen LogP contribution in [0.15, 0.2) is 42.5 Å². The highest BCUT2D eigenvalue weighted by atomic mass is 16.6. The largest absolute Gasteiger partial charge is 0.415 e. The normalized spacial score (nSPS) is 15.3. The predicted octanol–water partition coefficient (Wildman–Crippen LogP) is 3.58. The molecule has 0 saturated carbocycles. The lowest BCUT2D eigenvalue weighted by Crippen LogP contribution is -2.04.